The van der Waals surface area contributed by atoms with Crippen molar-refractivity contribution in [2.45, 2.75) is 12.1 Å². The van der Waals surface area contributed by atoms with E-state index in [-0.39, 0.29) is 17.7 Å². The average Bonchev–Trinajstić information content (AvgIpc) is 2.76. The first-order valence-corrected chi connectivity index (χ1v) is 5.20. The molecule has 0 N–H and O–H groups in total. The third-order valence-corrected chi connectivity index (χ3v) is 2.33. The van der Waals surface area contributed by atoms with Crippen LogP contribution in [-0.4, -0.2) is 10.2 Å². The van der Waals surface area contributed by atoms with Crippen molar-refractivity contribution in [2.24, 2.45) is 0 Å². The topological polar surface area (TPSA) is 38.9 Å². The summed E-state index contributed by atoms with van der Waals surface area (Å²) in [5, 5.41) is 6.88. The van der Waals surface area contributed by atoms with E-state index >= 15 is 0 Å². The zero-order chi connectivity index (χ0) is 13.3. The van der Waals surface area contributed by atoms with E-state index in [0.717, 1.165) is 0 Å². The number of aromatic nitrogens is 2. The minimum Gasteiger partial charge on any atom is -0.419 e. The molecular formula is C10H5ClF4N2O. The van der Waals surface area contributed by atoms with E-state index in [1.165, 1.54) is 0 Å². The van der Waals surface area contributed by atoms with Crippen LogP contribution in [0.5, 0.6) is 0 Å². The maximum atomic E-state index is 13.4. The van der Waals surface area contributed by atoms with Gasteiger partial charge in [0.25, 0.3) is 5.89 Å². The van der Waals surface area contributed by atoms with Crippen molar-refractivity contribution in [3.05, 3.63) is 35.5 Å². The second-order valence-corrected chi connectivity index (χ2v) is 3.59. The summed E-state index contributed by atoms with van der Waals surface area (Å²) in [7, 11) is 0. The summed E-state index contributed by atoms with van der Waals surface area (Å²) in [5.74, 6) is -1.32. The average molecular weight is 281 g/mol. The van der Waals surface area contributed by atoms with Crippen molar-refractivity contribution in [3.8, 4) is 11.5 Å². The number of benzene rings is 1. The van der Waals surface area contributed by atoms with Gasteiger partial charge in [0.15, 0.2) is 0 Å². The molecule has 1 aromatic carbocycles. The Morgan fingerprint density at radius 1 is 1.22 bits per heavy atom. The summed E-state index contributed by atoms with van der Waals surface area (Å²) < 4.78 is 55.8. The van der Waals surface area contributed by atoms with E-state index in [2.05, 4.69) is 10.2 Å². The van der Waals surface area contributed by atoms with Gasteiger partial charge in [0.05, 0.1) is 11.1 Å². The van der Waals surface area contributed by atoms with Crippen LogP contribution in [0, 0.1) is 5.82 Å². The Balaban J connectivity index is 2.49. The lowest BCUT2D eigenvalue weighted by atomic mass is 10.1. The third kappa shape index (κ3) is 2.45. The molecule has 3 nitrogen and oxygen atoms in total. The first-order valence-electron chi connectivity index (χ1n) is 4.67. The Morgan fingerprint density at radius 3 is 2.50 bits per heavy atom. The van der Waals surface area contributed by atoms with Gasteiger partial charge in [-0.25, -0.2) is 4.39 Å². The smallest absolute Gasteiger partial charge is 0.416 e. The summed E-state index contributed by atoms with van der Waals surface area (Å²) >= 11 is 5.40. The Morgan fingerprint density at radius 2 is 1.94 bits per heavy atom. The summed E-state index contributed by atoms with van der Waals surface area (Å²) in [5.41, 5.74) is -1.40. The largest absolute Gasteiger partial charge is 0.419 e. The van der Waals surface area contributed by atoms with Gasteiger partial charge in [-0.15, -0.1) is 21.8 Å². The molecular weight excluding hydrogens is 276 g/mol. The van der Waals surface area contributed by atoms with E-state index in [0.29, 0.717) is 18.2 Å². The lowest BCUT2D eigenvalue weighted by molar-refractivity contribution is -0.137. The highest BCUT2D eigenvalue weighted by Crippen LogP contribution is 2.33. The fraction of sp³-hybridized carbons (Fsp3) is 0.200. The highest BCUT2D eigenvalue weighted by Gasteiger charge is 2.31. The van der Waals surface area contributed by atoms with Crippen molar-refractivity contribution >= 4 is 11.6 Å². The summed E-state index contributed by atoms with van der Waals surface area (Å²) in [6, 6.07) is 1.95. The van der Waals surface area contributed by atoms with Gasteiger partial charge in [0.1, 0.15) is 11.7 Å². The predicted molar refractivity (Wildman–Crippen MR) is 54.3 cm³/mol. The molecule has 0 saturated heterocycles. The molecule has 0 amide bonds. The molecule has 96 valence electrons. The molecule has 0 aliphatic heterocycles. The van der Waals surface area contributed by atoms with Crippen LogP contribution < -0.4 is 0 Å². The highest BCUT2D eigenvalue weighted by atomic mass is 35.5. The minimum absolute atomic E-state index is 0.00322. The zero-order valence-electron chi connectivity index (χ0n) is 8.63. The molecule has 0 spiro atoms. The van der Waals surface area contributed by atoms with Crippen molar-refractivity contribution < 1.29 is 22.0 Å². The van der Waals surface area contributed by atoms with Gasteiger partial charge in [0, 0.05) is 0 Å². The lowest BCUT2D eigenvalue weighted by Gasteiger charge is -2.07. The summed E-state index contributed by atoms with van der Waals surface area (Å²) in [6.07, 6.45) is -4.57. The Bertz CT molecular complexity index is 567. The number of rotatable bonds is 2. The number of alkyl halides is 4. The third-order valence-electron chi connectivity index (χ3n) is 2.11. The van der Waals surface area contributed by atoms with Crippen LogP contribution in [0.2, 0.25) is 0 Å². The normalized spacial score (nSPS) is 11.8. The molecule has 1 heterocycles. The molecule has 18 heavy (non-hydrogen) atoms. The van der Waals surface area contributed by atoms with Gasteiger partial charge in [-0.3, -0.25) is 0 Å². The highest BCUT2D eigenvalue weighted by molar-refractivity contribution is 6.16. The molecule has 0 atom stereocenters. The number of hydrogen-bond donors (Lipinski definition) is 0. The minimum atomic E-state index is -4.57. The number of nitrogens with zero attached hydrogens (tertiary/aromatic N) is 2. The maximum Gasteiger partial charge on any atom is 0.416 e. The van der Waals surface area contributed by atoms with Gasteiger partial charge < -0.3 is 4.42 Å². The van der Waals surface area contributed by atoms with Crippen molar-refractivity contribution in [3.63, 3.8) is 0 Å². The van der Waals surface area contributed by atoms with Crippen molar-refractivity contribution in [2.75, 3.05) is 0 Å². The molecule has 1 aromatic heterocycles. The summed E-state index contributed by atoms with van der Waals surface area (Å²) in [6.45, 7) is 0. The van der Waals surface area contributed by atoms with Gasteiger partial charge in [0.2, 0.25) is 5.89 Å². The van der Waals surface area contributed by atoms with E-state index in [9.17, 15) is 17.6 Å². The first-order chi connectivity index (χ1) is 8.41. The number of halogens is 5. The lowest BCUT2D eigenvalue weighted by Crippen LogP contribution is -2.05. The maximum absolute atomic E-state index is 13.4. The zero-order valence-corrected chi connectivity index (χ0v) is 9.39. The van der Waals surface area contributed by atoms with Gasteiger partial charge in [-0.05, 0) is 18.2 Å². The first kappa shape index (κ1) is 12.8. The standard InChI is InChI=1S/C10H5ClF4N2O/c11-4-8-16-17-9(18-8)6-3-5(10(13,14)15)1-2-7(6)12/h1-3H,4H2. The molecule has 2 aromatic rings. The summed E-state index contributed by atoms with van der Waals surface area (Å²) in [4.78, 5) is 0. The van der Waals surface area contributed by atoms with E-state index < -0.39 is 23.1 Å². The second kappa shape index (κ2) is 4.56. The molecule has 0 aliphatic rings. The molecule has 0 bridgehead atoms. The van der Waals surface area contributed by atoms with Crippen LogP contribution in [0.3, 0.4) is 0 Å². The van der Waals surface area contributed by atoms with E-state index in [1.807, 2.05) is 0 Å². The molecule has 0 saturated carbocycles. The Labute approximate surface area is 103 Å². The molecule has 0 unspecified atom stereocenters. The van der Waals surface area contributed by atoms with Crippen LogP contribution in [0.15, 0.2) is 22.6 Å². The second-order valence-electron chi connectivity index (χ2n) is 3.33. The Kier molecular flexibility index (Phi) is 3.25. The van der Waals surface area contributed by atoms with Crippen LogP contribution in [0.1, 0.15) is 11.5 Å². The van der Waals surface area contributed by atoms with Crippen LogP contribution >= 0.6 is 11.6 Å². The van der Waals surface area contributed by atoms with E-state index in [4.69, 9.17) is 16.0 Å². The van der Waals surface area contributed by atoms with Gasteiger partial charge >= 0.3 is 6.18 Å². The van der Waals surface area contributed by atoms with Gasteiger partial charge in [-0.2, -0.15) is 13.2 Å². The van der Waals surface area contributed by atoms with Crippen LogP contribution in [0.25, 0.3) is 11.5 Å². The molecule has 0 aliphatic carbocycles. The molecule has 8 heteroatoms. The SMILES string of the molecule is Fc1ccc(C(F)(F)F)cc1-c1nnc(CCl)o1. The van der Waals surface area contributed by atoms with Crippen LogP contribution in [0.4, 0.5) is 17.6 Å². The molecule has 2 rings (SSSR count). The van der Waals surface area contributed by atoms with Gasteiger partial charge in [-0.1, -0.05) is 0 Å². The fourth-order valence-electron chi connectivity index (χ4n) is 1.28. The van der Waals surface area contributed by atoms with Crippen molar-refractivity contribution in [1.29, 1.82) is 0 Å². The van der Waals surface area contributed by atoms with E-state index in [1.54, 1.807) is 0 Å². The van der Waals surface area contributed by atoms with Crippen molar-refractivity contribution in [1.82, 2.24) is 10.2 Å². The number of hydrogen-bond acceptors (Lipinski definition) is 3. The molecule has 0 fully saturated rings. The predicted octanol–water partition coefficient (Wildman–Crippen LogP) is 3.63. The monoisotopic (exact) mass is 280 g/mol. The van der Waals surface area contributed by atoms with Crippen LogP contribution in [-0.2, 0) is 12.1 Å². The quantitative estimate of drug-likeness (QED) is 0.623. The Hall–Kier alpha value is -1.63. The fourth-order valence-corrected chi connectivity index (χ4v) is 1.39. The molecule has 0 radical (unpaired) electrons.